The van der Waals surface area contributed by atoms with Gasteiger partial charge in [-0.25, -0.2) is 18.9 Å². The van der Waals surface area contributed by atoms with Crippen molar-refractivity contribution in [3.05, 3.63) is 83.0 Å². The number of hydrogen-bond donors (Lipinski definition) is 1. The lowest BCUT2D eigenvalue weighted by Gasteiger charge is -2.09. The molecule has 8 nitrogen and oxygen atoms in total. The standard InChI is InChI=1S/C21H19N5O3/c1-2-15-8-6-7-11-17(15)23-18(27)14-26-21(28)25-13-12-22-20(19(25)24-26)29-16-9-4-3-5-10-16/h3-13H,2,14H2,1H3,(H,23,27). The summed E-state index contributed by atoms with van der Waals surface area (Å²) in [6.07, 6.45) is 3.73. The summed E-state index contributed by atoms with van der Waals surface area (Å²) in [7, 11) is 0. The lowest BCUT2D eigenvalue weighted by atomic mass is 10.1. The minimum atomic E-state index is -0.445. The van der Waals surface area contributed by atoms with Gasteiger partial charge >= 0.3 is 5.69 Å². The van der Waals surface area contributed by atoms with Crippen LogP contribution in [0.1, 0.15) is 12.5 Å². The topological polar surface area (TPSA) is 90.5 Å². The Bertz CT molecular complexity index is 1210. The molecule has 0 saturated heterocycles. The van der Waals surface area contributed by atoms with Gasteiger partial charge in [0.25, 0.3) is 5.88 Å². The van der Waals surface area contributed by atoms with Crippen molar-refractivity contribution in [1.29, 1.82) is 0 Å². The summed E-state index contributed by atoms with van der Waals surface area (Å²) in [5.74, 6) is 0.421. The van der Waals surface area contributed by atoms with Crippen molar-refractivity contribution in [3.63, 3.8) is 0 Å². The minimum Gasteiger partial charge on any atom is -0.436 e. The average molecular weight is 389 g/mol. The summed E-state index contributed by atoms with van der Waals surface area (Å²) < 4.78 is 8.14. The van der Waals surface area contributed by atoms with Crippen LogP contribution in [0.25, 0.3) is 5.65 Å². The quantitative estimate of drug-likeness (QED) is 0.548. The molecule has 4 rings (SSSR count). The fraction of sp³-hybridized carbons (Fsp3) is 0.143. The molecule has 0 aliphatic rings. The Morgan fingerprint density at radius 2 is 1.86 bits per heavy atom. The monoisotopic (exact) mass is 389 g/mol. The van der Waals surface area contributed by atoms with E-state index in [-0.39, 0.29) is 24.0 Å². The molecule has 0 aliphatic carbocycles. The van der Waals surface area contributed by atoms with E-state index in [1.165, 1.54) is 16.8 Å². The Hall–Kier alpha value is -3.94. The van der Waals surface area contributed by atoms with Crippen molar-refractivity contribution in [2.45, 2.75) is 19.9 Å². The Labute approximate surface area is 166 Å². The predicted molar refractivity (Wildman–Crippen MR) is 108 cm³/mol. The fourth-order valence-electron chi connectivity index (χ4n) is 2.98. The molecule has 0 radical (unpaired) electrons. The predicted octanol–water partition coefficient (Wildman–Crippen LogP) is 2.88. The van der Waals surface area contributed by atoms with Crippen molar-refractivity contribution in [2.24, 2.45) is 0 Å². The second kappa shape index (κ2) is 7.97. The minimum absolute atomic E-state index is 0.186. The number of para-hydroxylation sites is 2. The van der Waals surface area contributed by atoms with E-state index in [9.17, 15) is 9.59 Å². The first-order chi connectivity index (χ1) is 14.2. The number of nitrogens with zero attached hydrogens (tertiary/aromatic N) is 4. The van der Waals surface area contributed by atoms with Crippen LogP contribution >= 0.6 is 0 Å². The molecule has 2 aromatic carbocycles. The third kappa shape index (κ3) is 3.86. The second-order valence-corrected chi connectivity index (χ2v) is 6.34. The first-order valence-corrected chi connectivity index (χ1v) is 9.20. The second-order valence-electron chi connectivity index (χ2n) is 6.34. The smallest absolute Gasteiger partial charge is 0.351 e. The molecule has 0 atom stereocenters. The zero-order valence-corrected chi connectivity index (χ0v) is 15.8. The number of anilines is 1. The number of carbonyl (C=O) groups is 1. The van der Waals surface area contributed by atoms with Gasteiger partial charge in [-0.3, -0.25) is 4.79 Å². The van der Waals surface area contributed by atoms with Gasteiger partial charge < -0.3 is 10.1 Å². The molecule has 0 bridgehead atoms. The Morgan fingerprint density at radius 3 is 2.66 bits per heavy atom. The summed E-state index contributed by atoms with van der Waals surface area (Å²) >= 11 is 0. The molecule has 0 spiro atoms. The van der Waals surface area contributed by atoms with Crippen molar-refractivity contribution < 1.29 is 9.53 Å². The van der Waals surface area contributed by atoms with E-state index in [4.69, 9.17) is 4.74 Å². The van der Waals surface area contributed by atoms with Crippen LogP contribution in [0.4, 0.5) is 5.69 Å². The van der Waals surface area contributed by atoms with E-state index in [2.05, 4.69) is 15.4 Å². The number of benzene rings is 2. The van der Waals surface area contributed by atoms with Crippen LogP contribution in [0.2, 0.25) is 0 Å². The van der Waals surface area contributed by atoms with Crippen LogP contribution in [0, 0.1) is 0 Å². The molecular formula is C21H19N5O3. The van der Waals surface area contributed by atoms with Gasteiger partial charge in [0.2, 0.25) is 11.6 Å². The molecule has 1 amide bonds. The Balaban J connectivity index is 1.60. The first kappa shape index (κ1) is 18.4. The molecule has 0 saturated carbocycles. The maximum Gasteiger partial charge on any atom is 0.351 e. The number of aryl methyl sites for hydroxylation is 1. The SMILES string of the molecule is CCc1ccccc1NC(=O)Cn1nc2c(Oc3ccccc3)nccn2c1=O. The maximum absolute atomic E-state index is 12.6. The number of amides is 1. The molecule has 0 aliphatic heterocycles. The number of aromatic nitrogens is 4. The average Bonchev–Trinajstić information content (AvgIpc) is 3.06. The van der Waals surface area contributed by atoms with E-state index in [1.54, 1.807) is 12.1 Å². The lowest BCUT2D eigenvalue weighted by Crippen LogP contribution is -2.28. The van der Waals surface area contributed by atoms with Crippen LogP contribution in [0.3, 0.4) is 0 Å². The van der Waals surface area contributed by atoms with Crippen molar-refractivity contribution in [2.75, 3.05) is 5.32 Å². The lowest BCUT2D eigenvalue weighted by molar-refractivity contribution is -0.117. The van der Waals surface area contributed by atoms with Crippen molar-refractivity contribution >= 4 is 17.2 Å². The van der Waals surface area contributed by atoms with Crippen molar-refractivity contribution in [1.82, 2.24) is 19.2 Å². The van der Waals surface area contributed by atoms with Gasteiger partial charge in [-0.2, -0.15) is 0 Å². The van der Waals surface area contributed by atoms with E-state index >= 15 is 0 Å². The fourth-order valence-corrected chi connectivity index (χ4v) is 2.98. The molecular weight excluding hydrogens is 370 g/mol. The van der Waals surface area contributed by atoms with Crippen LogP contribution < -0.4 is 15.7 Å². The number of hydrogen-bond acceptors (Lipinski definition) is 5. The highest BCUT2D eigenvalue weighted by atomic mass is 16.5. The van der Waals surface area contributed by atoms with Gasteiger partial charge in [-0.05, 0) is 30.2 Å². The zero-order valence-electron chi connectivity index (χ0n) is 15.8. The zero-order chi connectivity index (χ0) is 20.2. The molecule has 0 fully saturated rings. The normalized spacial score (nSPS) is 10.8. The van der Waals surface area contributed by atoms with Gasteiger partial charge in [0.05, 0.1) is 0 Å². The van der Waals surface area contributed by atoms with E-state index < -0.39 is 5.69 Å². The number of ether oxygens (including phenoxy) is 1. The third-order valence-electron chi connectivity index (χ3n) is 4.39. The summed E-state index contributed by atoms with van der Waals surface area (Å²) in [6.45, 7) is 1.79. The third-order valence-corrected chi connectivity index (χ3v) is 4.39. The summed E-state index contributed by atoms with van der Waals surface area (Å²) in [6, 6.07) is 16.6. The highest BCUT2D eigenvalue weighted by molar-refractivity contribution is 5.91. The van der Waals surface area contributed by atoms with Gasteiger partial charge in [0.15, 0.2) is 0 Å². The molecule has 146 valence electrons. The van der Waals surface area contributed by atoms with Gasteiger partial charge in [-0.1, -0.05) is 43.3 Å². The molecule has 2 aromatic heterocycles. The van der Waals surface area contributed by atoms with Crippen molar-refractivity contribution in [3.8, 4) is 11.6 Å². The van der Waals surface area contributed by atoms with Gasteiger partial charge in [0, 0.05) is 18.1 Å². The molecule has 0 unspecified atom stereocenters. The Morgan fingerprint density at radius 1 is 1.10 bits per heavy atom. The number of rotatable bonds is 6. The molecule has 29 heavy (non-hydrogen) atoms. The highest BCUT2D eigenvalue weighted by Gasteiger charge is 2.16. The number of nitrogens with one attached hydrogen (secondary N) is 1. The van der Waals surface area contributed by atoms with Crippen LogP contribution in [0.15, 0.2) is 71.8 Å². The molecule has 8 heteroatoms. The summed E-state index contributed by atoms with van der Waals surface area (Å²) in [5, 5.41) is 7.09. The highest BCUT2D eigenvalue weighted by Crippen LogP contribution is 2.21. The number of fused-ring (bicyclic) bond motifs is 1. The molecule has 2 heterocycles. The Kier molecular flexibility index (Phi) is 5.07. The maximum atomic E-state index is 12.6. The molecule has 4 aromatic rings. The van der Waals surface area contributed by atoms with E-state index in [1.807, 2.05) is 49.4 Å². The van der Waals surface area contributed by atoms with Gasteiger partial charge in [-0.15, -0.1) is 5.10 Å². The van der Waals surface area contributed by atoms with E-state index in [0.717, 1.165) is 22.4 Å². The molecule has 1 N–H and O–H groups in total. The number of carbonyl (C=O) groups excluding carboxylic acids is 1. The summed E-state index contributed by atoms with van der Waals surface area (Å²) in [4.78, 5) is 29.3. The van der Waals surface area contributed by atoms with Crippen LogP contribution in [0.5, 0.6) is 11.6 Å². The van der Waals surface area contributed by atoms with Gasteiger partial charge in [0.1, 0.15) is 12.3 Å². The summed E-state index contributed by atoms with van der Waals surface area (Å²) in [5.41, 5.74) is 1.54. The van der Waals surface area contributed by atoms with Crippen LogP contribution in [-0.2, 0) is 17.8 Å². The van der Waals surface area contributed by atoms with Crippen LogP contribution in [-0.4, -0.2) is 25.1 Å². The van der Waals surface area contributed by atoms with E-state index in [0.29, 0.717) is 5.75 Å². The largest absolute Gasteiger partial charge is 0.436 e. The first-order valence-electron chi connectivity index (χ1n) is 9.20.